The molecule has 0 bridgehead atoms. The van der Waals surface area contributed by atoms with Crippen LogP contribution in [0.3, 0.4) is 0 Å². The van der Waals surface area contributed by atoms with Gasteiger partial charge in [0.15, 0.2) is 0 Å². The van der Waals surface area contributed by atoms with Crippen molar-refractivity contribution in [1.29, 1.82) is 0 Å². The van der Waals surface area contributed by atoms with Crippen molar-refractivity contribution in [3.63, 3.8) is 0 Å². The Morgan fingerprint density at radius 1 is 1.06 bits per heavy atom. The van der Waals surface area contributed by atoms with Crippen LogP contribution in [0.1, 0.15) is 11.1 Å². The number of fused-ring (bicyclic) bond motifs is 1. The SMILES string of the molecule is C=CCc1ccc(O)c(-c2ccc3c(c2)C[C@@H](CSc2nnc(-c4ccc(Cl)cc4Cl)o2)O3)c1. The summed E-state index contributed by atoms with van der Waals surface area (Å²) in [5, 5.41) is 20.1. The Hall–Kier alpha value is -2.93. The van der Waals surface area contributed by atoms with E-state index in [-0.39, 0.29) is 11.9 Å². The van der Waals surface area contributed by atoms with Crippen molar-refractivity contribution in [3.8, 4) is 34.1 Å². The van der Waals surface area contributed by atoms with Crippen molar-refractivity contribution in [1.82, 2.24) is 10.2 Å². The van der Waals surface area contributed by atoms with Crippen molar-refractivity contribution in [2.24, 2.45) is 0 Å². The average molecular weight is 511 g/mol. The first kappa shape index (κ1) is 22.8. The van der Waals surface area contributed by atoms with Crippen LogP contribution in [0.15, 0.2) is 76.9 Å². The maximum absolute atomic E-state index is 10.4. The Bertz CT molecular complexity index is 1370. The van der Waals surface area contributed by atoms with Crippen LogP contribution >= 0.6 is 35.0 Å². The van der Waals surface area contributed by atoms with Crippen LogP contribution in [0.4, 0.5) is 0 Å². The monoisotopic (exact) mass is 510 g/mol. The van der Waals surface area contributed by atoms with E-state index in [1.165, 1.54) is 11.8 Å². The molecular formula is C26H20Cl2N2O3S. The van der Waals surface area contributed by atoms with E-state index in [2.05, 4.69) is 22.8 Å². The van der Waals surface area contributed by atoms with Gasteiger partial charge in [-0.1, -0.05) is 53.2 Å². The zero-order valence-corrected chi connectivity index (χ0v) is 20.3. The van der Waals surface area contributed by atoms with Crippen LogP contribution in [-0.4, -0.2) is 27.2 Å². The van der Waals surface area contributed by atoms with Gasteiger partial charge in [0.25, 0.3) is 5.22 Å². The number of aromatic hydroxyl groups is 1. The first-order valence-corrected chi connectivity index (χ1v) is 12.4. The highest BCUT2D eigenvalue weighted by atomic mass is 35.5. The largest absolute Gasteiger partial charge is 0.507 e. The molecule has 4 aromatic rings. The Morgan fingerprint density at radius 3 is 2.76 bits per heavy atom. The van der Waals surface area contributed by atoms with Gasteiger partial charge in [0, 0.05) is 22.8 Å². The van der Waals surface area contributed by atoms with Crippen molar-refractivity contribution in [2.75, 3.05) is 5.75 Å². The Morgan fingerprint density at radius 2 is 1.94 bits per heavy atom. The lowest BCUT2D eigenvalue weighted by Crippen LogP contribution is -2.15. The maximum atomic E-state index is 10.4. The van der Waals surface area contributed by atoms with E-state index in [1.54, 1.807) is 24.3 Å². The number of hydrogen-bond donors (Lipinski definition) is 1. The fourth-order valence-corrected chi connectivity index (χ4v) is 5.13. The third kappa shape index (κ3) is 4.80. The summed E-state index contributed by atoms with van der Waals surface area (Å²) in [5.74, 6) is 2.12. The van der Waals surface area contributed by atoms with Crippen LogP contribution in [0.2, 0.25) is 10.0 Å². The molecule has 1 aromatic heterocycles. The average Bonchev–Trinajstić information content (AvgIpc) is 3.45. The molecule has 0 saturated carbocycles. The molecule has 34 heavy (non-hydrogen) atoms. The molecule has 172 valence electrons. The molecule has 1 atom stereocenters. The molecule has 2 heterocycles. The van der Waals surface area contributed by atoms with E-state index in [1.807, 2.05) is 30.3 Å². The van der Waals surface area contributed by atoms with E-state index < -0.39 is 0 Å². The lowest BCUT2D eigenvalue weighted by molar-refractivity contribution is 0.259. The highest BCUT2D eigenvalue weighted by Gasteiger charge is 2.25. The third-order valence-electron chi connectivity index (χ3n) is 5.51. The van der Waals surface area contributed by atoms with Gasteiger partial charge in [-0.15, -0.1) is 16.8 Å². The maximum Gasteiger partial charge on any atom is 0.276 e. The molecule has 0 fully saturated rings. The second-order valence-corrected chi connectivity index (χ2v) is 9.73. The molecule has 0 saturated heterocycles. The van der Waals surface area contributed by atoms with Crippen molar-refractivity contribution in [3.05, 3.63) is 88.4 Å². The van der Waals surface area contributed by atoms with Crippen molar-refractivity contribution >= 4 is 35.0 Å². The smallest absolute Gasteiger partial charge is 0.276 e. The highest BCUT2D eigenvalue weighted by molar-refractivity contribution is 7.99. The molecule has 0 radical (unpaired) electrons. The van der Waals surface area contributed by atoms with Gasteiger partial charge in [0.2, 0.25) is 5.89 Å². The summed E-state index contributed by atoms with van der Waals surface area (Å²) in [5.41, 5.74) is 4.62. The summed E-state index contributed by atoms with van der Waals surface area (Å²) in [4.78, 5) is 0. The second-order valence-electron chi connectivity index (χ2n) is 7.92. The Kier molecular flexibility index (Phi) is 6.55. The van der Waals surface area contributed by atoms with Gasteiger partial charge in [-0.05, 0) is 65.6 Å². The number of hydrogen-bond acceptors (Lipinski definition) is 6. The first-order chi connectivity index (χ1) is 16.5. The number of phenolic OH excluding ortho intramolecular Hbond substituents is 1. The van der Waals surface area contributed by atoms with Crippen LogP contribution in [0.5, 0.6) is 11.5 Å². The minimum atomic E-state index is -0.0228. The van der Waals surface area contributed by atoms with Gasteiger partial charge in [-0.2, -0.15) is 0 Å². The number of nitrogens with zero attached hydrogens (tertiary/aromatic N) is 2. The van der Waals surface area contributed by atoms with Crippen LogP contribution in [-0.2, 0) is 12.8 Å². The Labute approximate surface area is 211 Å². The molecule has 1 aliphatic rings. The van der Waals surface area contributed by atoms with Gasteiger partial charge < -0.3 is 14.3 Å². The number of halogens is 2. The molecule has 3 aromatic carbocycles. The number of thioether (sulfide) groups is 1. The van der Waals surface area contributed by atoms with E-state index in [4.69, 9.17) is 32.4 Å². The van der Waals surface area contributed by atoms with E-state index in [0.717, 1.165) is 40.8 Å². The zero-order valence-electron chi connectivity index (χ0n) is 18.0. The molecule has 1 N–H and O–H groups in total. The van der Waals surface area contributed by atoms with Gasteiger partial charge >= 0.3 is 0 Å². The summed E-state index contributed by atoms with van der Waals surface area (Å²) in [6, 6.07) is 16.8. The van der Waals surface area contributed by atoms with Crippen LogP contribution in [0, 0.1) is 0 Å². The van der Waals surface area contributed by atoms with Crippen LogP contribution < -0.4 is 4.74 Å². The molecule has 0 spiro atoms. The predicted molar refractivity (Wildman–Crippen MR) is 136 cm³/mol. The van der Waals surface area contributed by atoms with Gasteiger partial charge in [-0.3, -0.25) is 0 Å². The number of benzene rings is 3. The van der Waals surface area contributed by atoms with Crippen molar-refractivity contribution in [2.45, 2.75) is 24.2 Å². The summed E-state index contributed by atoms with van der Waals surface area (Å²) < 4.78 is 11.9. The number of rotatable bonds is 7. The zero-order chi connectivity index (χ0) is 23.7. The Balaban J connectivity index is 1.26. The minimum absolute atomic E-state index is 0.0228. The van der Waals surface area contributed by atoms with Gasteiger partial charge in [-0.25, -0.2) is 0 Å². The number of allylic oxidation sites excluding steroid dienone is 1. The lowest BCUT2D eigenvalue weighted by Gasteiger charge is -2.09. The first-order valence-electron chi connectivity index (χ1n) is 10.6. The summed E-state index contributed by atoms with van der Waals surface area (Å²) in [6.07, 6.45) is 3.34. The normalized spacial score (nSPS) is 14.6. The number of ether oxygens (including phenoxy) is 1. The summed E-state index contributed by atoms with van der Waals surface area (Å²) in [7, 11) is 0. The molecule has 0 amide bonds. The van der Waals surface area contributed by atoms with E-state index in [9.17, 15) is 5.11 Å². The van der Waals surface area contributed by atoms with Crippen molar-refractivity contribution < 1.29 is 14.3 Å². The molecular weight excluding hydrogens is 491 g/mol. The minimum Gasteiger partial charge on any atom is -0.507 e. The summed E-state index contributed by atoms with van der Waals surface area (Å²) >= 11 is 13.6. The third-order valence-corrected chi connectivity index (χ3v) is 7.01. The molecule has 5 nitrogen and oxygen atoms in total. The second kappa shape index (κ2) is 9.74. The molecule has 1 aliphatic heterocycles. The predicted octanol–water partition coefficient (Wildman–Crippen LogP) is 7.24. The van der Waals surface area contributed by atoms with Crippen LogP contribution in [0.25, 0.3) is 22.6 Å². The molecule has 0 aliphatic carbocycles. The lowest BCUT2D eigenvalue weighted by atomic mass is 9.98. The fourth-order valence-electron chi connectivity index (χ4n) is 3.89. The molecule has 0 unspecified atom stereocenters. The molecule has 5 rings (SSSR count). The molecule has 8 heteroatoms. The number of phenols is 1. The topological polar surface area (TPSA) is 68.4 Å². The number of aromatic nitrogens is 2. The van der Waals surface area contributed by atoms with Gasteiger partial charge in [0.05, 0.1) is 10.6 Å². The van der Waals surface area contributed by atoms with E-state index in [0.29, 0.717) is 32.5 Å². The summed E-state index contributed by atoms with van der Waals surface area (Å²) in [6.45, 7) is 3.79. The standard InChI is InChI=1S/C26H20Cl2N2O3S/c1-2-3-15-4-8-23(31)21(10-15)16-5-9-24-17(11-16)12-19(32-24)14-34-26-30-29-25(33-26)20-7-6-18(27)13-22(20)28/h2,4-11,13,19,31H,1,3,12,14H2/t19-/m0/s1. The van der Waals surface area contributed by atoms with E-state index >= 15 is 0 Å². The van der Waals surface area contributed by atoms with Gasteiger partial charge in [0.1, 0.15) is 17.6 Å². The fraction of sp³-hybridized carbons (Fsp3) is 0.154. The quantitative estimate of drug-likeness (QED) is 0.208. The highest BCUT2D eigenvalue weighted by Crippen LogP contribution is 2.38.